The zero-order chi connectivity index (χ0) is 13.5. The number of phenolic OH excluding ortho intramolecular Hbond substituents is 1. The highest BCUT2D eigenvalue weighted by molar-refractivity contribution is 8.13. The van der Waals surface area contributed by atoms with Gasteiger partial charge in [0, 0.05) is 12.5 Å². The molecule has 4 nitrogen and oxygen atoms in total. The first kappa shape index (κ1) is 14.1. The summed E-state index contributed by atoms with van der Waals surface area (Å²) in [6.07, 6.45) is 0.528. The van der Waals surface area contributed by atoms with Gasteiger partial charge in [0.25, 0.3) is 0 Å². The van der Waals surface area contributed by atoms with E-state index in [0.29, 0.717) is 17.6 Å². The van der Waals surface area contributed by atoms with Crippen LogP contribution in [-0.2, 0) is 4.79 Å². The Hall–Kier alpha value is -1.93. The summed E-state index contributed by atoms with van der Waals surface area (Å²) in [6, 6.07) is 3.12. The van der Waals surface area contributed by atoms with E-state index in [1.54, 1.807) is 6.07 Å². The average Bonchev–Trinajstić information content (AvgIpc) is 2.34. The predicted octanol–water partition coefficient (Wildman–Crippen LogP) is 1.84. The fourth-order valence-electron chi connectivity index (χ4n) is 1.25. The molecule has 0 atom stereocenters. The van der Waals surface area contributed by atoms with Crippen molar-refractivity contribution in [2.45, 2.75) is 6.92 Å². The summed E-state index contributed by atoms with van der Waals surface area (Å²) in [6.45, 7) is 1.46. The first-order valence-corrected chi connectivity index (χ1v) is 6.06. The molecule has 0 unspecified atom stereocenters. The maximum absolute atomic E-state index is 10.9. The third-order valence-electron chi connectivity index (χ3n) is 2.09. The molecule has 0 spiro atoms. The van der Waals surface area contributed by atoms with Gasteiger partial charge in [-0.3, -0.25) is 9.59 Å². The minimum absolute atomic E-state index is 0.0162. The molecule has 1 aromatic carbocycles. The quantitative estimate of drug-likeness (QED) is 0.666. The molecule has 0 amide bonds. The molecule has 1 N–H and O–H groups in total. The maximum Gasteiger partial charge on any atom is 0.186 e. The van der Waals surface area contributed by atoms with Gasteiger partial charge in [0.05, 0.1) is 18.4 Å². The number of methoxy groups -OCH3 is 1. The molecule has 0 bridgehead atoms. The Morgan fingerprint density at radius 2 is 2.28 bits per heavy atom. The third kappa shape index (κ3) is 3.54. The van der Waals surface area contributed by atoms with E-state index >= 15 is 0 Å². The Labute approximate surface area is 109 Å². The molecule has 0 aliphatic heterocycles. The summed E-state index contributed by atoms with van der Waals surface area (Å²) in [4.78, 5) is 21.6. The molecule has 0 fully saturated rings. The smallest absolute Gasteiger partial charge is 0.186 e. The molecular formula is C13H12O4S. The van der Waals surface area contributed by atoms with E-state index in [1.807, 2.05) is 0 Å². The highest BCUT2D eigenvalue weighted by Crippen LogP contribution is 2.30. The van der Waals surface area contributed by atoms with Crippen LogP contribution >= 0.6 is 11.8 Å². The zero-order valence-corrected chi connectivity index (χ0v) is 10.8. The summed E-state index contributed by atoms with van der Waals surface area (Å²) in [7, 11) is 1.40. The Bertz CT molecular complexity index is 526. The summed E-state index contributed by atoms with van der Waals surface area (Å²) in [5.41, 5.74) is 0.502. The van der Waals surface area contributed by atoms with Gasteiger partial charge in [0.1, 0.15) is 0 Å². The van der Waals surface area contributed by atoms with E-state index in [1.165, 1.54) is 20.1 Å². The van der Waals surface area contributed by atoms with Crippen molar-refractivity contribution in [2.75, 3.05) is 12.9 Å². The third-order valence-corrected chi connectivity index (χ3v) is 2.78. The molecule has 1 aromatic rings. The normalized spacial score (nSPS) is 9.22. The molecule has 0 heterocycles. The molecule has 0 aromatic heterocycles. The zero-order valence-electron chi connectivity index (χ0n) is 10.0. The second-order valence-corrected chi connectivity index (χ2v) is 4.43. The molecule has 18 heavy (non-hydrogen) atoms. The van der Waals surface area contributed by atoms with Crippen molar-refractivity contribution in [3.8, 4) is 23.3 Å². The minimum Gasteiger partial charge on any atom is -0.504 e. The summed E-state index contributed by atoms with van der Waals surface area (Å²) in [5, 5.41) is 9.71. The van der Waals surface area contributed by atoms with E-state index in [9.17, 15) is 14.7 Å². The lowest BCUT2D eigenvalue weighted by molar-refractivity contribution is -0.109. The lowest BCUT2D eigenvalue weighted by atomic mass is 10.1. The summed E-state index contributed by atoms with van der Waals surface area (Å²) < 4.78 is 4.89. The number of benzene rings is 1. The fraction of sp³-hybridized carbons (Fsp3) is 0.231. The van der Waals surface area contributed by atoms with Crippen LogP contribution in [0.5, 0.6) is 11.5 Å². The predicted molar refractivity (Wildman–Crippen MR) is 70.1 cm³/mol. The number of rotatable bonds is 3. The summed E-state index contributed by atoms with van der Waals surface area (Å²) in [5.74, 6) is 5.84. The van der Waals surface area contributed by atoms with Crippen molar-refractivity contribution in [1.82, 2.24) is 0 Å². The van der Waals surface area contributed by atoms with Crippen molar-refractivity contribution < 1.29 is 19.4 Å². The number of hydrogen-bond donors (Lipinski definition) is 1. The number of thioether (sulfide) groups is 1. The number of ether oxygens (including phenoxy) is 1. The van der Waals surface area contributed by atoms with E-state index in [2.05, 4.69) is 11.8 Å². The Morgan fingerprint density at radius 3 is 2.83 bits per heavy atom. The highest BCUT2D eigenvalue weighted by atomic mass is 32.2. The van der Waals surface area contributed by atoms with E-state index in [0.717, 1.165) is 11.8 Å². The standard InChI is InChI=1S/C13H12O4S/c1-9(15)18-7-3-4-10-5-6-12(17-2)13(16)11(10)8-14/h5-6,8,16H,7H2,1-2H3. The van der Waals surface area contributed by atoms with Gasteiger partial charge >= 0.3 is 0 Å². The second-order valence-electron chi connectivity index (χ2n) is 3.28. The Kier molecular flexibility index (Phi) is 5.28. The van der Waals surface area contributed by atoms with E-state index in [-0.39, 0.29) is 22.2 Å². The molecule has 0 saturated carbocycles. The molecule has 94 valence electrons. The molecule has 0 aliphatic carbocycles. The van der Waals surface area contributed by atoms with Crippen LogP contribution in [0.25, 0.3) is 0 Å². The van der Waals surface area contributed by atoms with Crippen LogP contribution in [0, 0.1) is 11.8 Å². The first-order chi connectivity index (χ1) is 8.60. The molecule has 5 heteroatoms. The first-order valence-electron chi connectivity index (χ1n) is 5.07. The molecule has 1 rings (SSSR count). The fourth-order valence-corrected chi connectivity index (χ4v) is 1.60. The number of phenols is 1. The second kappa shape index (κ2) is 6.72. The van der Waals surface area contributed by atoms with E-state index in [4.69, 9.17) is 4.74 Å². The van der Waals surface area contributed by atoms with Crippen LogP contribution < -0.4 is 4.74 Å². The maximum atomic E-state index is 10.9. The number of carbonyl (C=O) groups is 2. The average molecular weight is 264 g/mol. The van der Waals surface area contributed by atoms with Gasteiger partial charge in [0.15, 0.2) is 22.9 Å². The van der Waals surface area contributed by atoms with Crippen molar-refractivity contribution in [2.24, 2.45) is 0 Å². The van der Waals surface area contributed by atoms with Gasteiger partial charge in [-0.05, 0) is 12.1 Å². The van der Waals surface area contributed by atoms with Crippen LogP contribution in [0.4, 0.5) is 0 Å². The number of aldehydes is 1. The summed E-state index contributed by atoms with van der Waals surface area (Å²) >= 11 is 1.09. The van der Waals surface area contributed by atoms with E-state index < -0.39 is 0 Å². The Morgan fingerprint density at radius 1 is 1.56 bits per heavy atom. The number of hydrogen-bond acceptors (Lipinski definition) is 5. The van der Waals surface area contributed by atoms with Gasteiger partial charge in [0.2, 0.25) is 0 Å². The van der Waals surface area contributed by atoms with Crippen molar-refractivity contribution in [3.63, 3.8) is 0 Å². The van der Waals surface area contributed by atoms with Crippen LogP contribution in [0.2, 0.25) is 0 Å². The molecule has 0 saturated heterocycles. The monoisotopic (exact) mass is 264 g/mol. The highest BCUT2D eigenvalue weighted by Gasteiger charge is 2.10. The number of carbonyl (C=O) groups excluding carboxylic acids is 2. The van der Waals surface area contributed by atoms with Crippen LogP contribution in [-0.4, -0.2) is 29.4 Å². The molecule has 0 aliphatic rings. The van der Waals surface area contributed by atoms with Gasteiger partial charge in [-0.1, -0.05) is 23.6 Å². The molecule has 0 radical (unpaired) electrons. The SMILES string of the molecule is COc1ccc(C#CCSC(C)=O)c(C=O)c1O. The van der Waals surface area contributed by atoms with Gasteiger partial charge in [-0.15, -0.1) is 0 Å². The van der Waals surface area contributed by atoms with Crippen molar-refractivity contribution in [1.29, 1.82) is 0 Å². The van der Waals surface area contributed by atoms with Crippen LogP contribution in [0.1, 0.15) is 22.8 Å². The lowest BCUT2D eigenvalue weighted by Crippen LogP contribution is -1.92. The van der Waals surface area contributed by atoms with Gasteiger partial charge in [-0.25, -0.2) is 0 Å². The minimum atomic E-state index is -0.224. The molecular weight excluding hydrogens is 252 g/mol. The van der Waals surface area contributed by atoms with Gasteiger partial charge < -0.3 is 9.84 Å². The van der Waals surface area contributed by atoms with Crippen molar-refractivity contribution >= 4 is 23.2 Å². The van der Waals surface area contributed by atoms with Crippen LogP contribution in [0.15, 0.2) is 12.1 Å². The number of aromatic hydroxyl groups is 1. The lowest BCUT2D eigenvalue weighted by Gasteiger charge is -2.06. The van der Waals surface area contributed by atoms with Crippen molar-refractivity contribution in [3.05, 3.63) is 23.3 Å². The largest absolute Gasteiger partial charge is 0.504 e. The van der Waals surface area contributed by atoms with Crippen LogP contribution in [0.3, 0.4) is 0 Å². The topological polar surface area (TPSA) is 63.6 Å². The van der Waals surface area contributed by atoms with Gasteiger partial charge in [-0.2, -0.15) is 0 Å². The Balaban J connectivity index is 2.99.